The number of nitrogens with zero attached hydrogens (tertiary/aromatic N) is 4. The Morgan fingerprint density at radius 3 is 2.62 bits per heavy atom. The first kappa shape index (κ1) is 19.7. The maximum atomic E-state index is 12.6. The first-order chi connectivity index (χ1) is 14.1. The van der Waals surface area contributed by atoms with Crippen molar-refractivity contribution in [3.8, 4) is 11.3 Å². The Kier molecular flexibility index (Phi) is 6.02. The molecular weight excluding hydrogens is 411 g/mol. The van der Waals surface area contributed by atoms with Crippen LogP contribution in [0.5, 0.6) is 0 Å². The molecule has 2 aromatic heterocycles. The number of aromatic nitrogens is 2. The van der Waals surface area contributed by atoms with E-state index >= 15 is 0 Å². The molecule has 8 heteroatoms. The minimum atomic E-state index is 0.106. The van der Waals surface area contributed by atoms with Gasteiger partial charge in [0.2, 0.25) is 5.91 Å². The highest BCUT2D eigenvalue weighted by Crippen LogP contribution is 2.30. The largest absolute Gasteiger partial charge is 0.441 e. The summed E-state index contributed by atoms with van der Waals surface area (Å²) in [7, 11) is 0. The molecule has 29 heavy (non-hydrogen) atoms. The summed E-state index contributed by atoms with van der Waals surface area (Å²) < 4.78 is 5.78. The van der Waals surface area contributed by atoms with Crippen molar-refractivity contribution in [1.82, 2.24) is 14.9 Å². The second kappa shape index (κ2) is 8.84. The highest BCUT2D eigenvalue weighted by Gasteiger charge is 2.22. The molecule has 0 saturated carbocycles. The fraction of sp³-hybridized carbons (Fsp3) is 0.286. The standard InChI is InChI=1S/C21H20Cl2N4O2/c22-15-4-5-16(17(23)13-15)18-14-25-20(29-18)6-7-21(28)27-11-9-26(10-12-27)19-3-1-2-8-24-19/h1-5,8,13-14H,6-7,9-12H2. The molecule has 0 unspecified atom stereocenters. The second-order valence-electron chi connectivity index (χ2n) is 6.80. The maximum absolute atomic E-state index is 12.6. The SMILES string of the molecule is O=C(CCc1ncc(-c2ccc(Cl)cc2Cl)o1)N1CCN(c2ccccn2)CC1. The summed E-state index contributed by atoms with van der Waals surface area (Å²) in [4.78, 5) is 25.3. The number of piperazine rings is 1. The number of rotatable bonds is 5. The molecule has 1 fully saturated rings. The predicted octanol–water partition coefficient (Wildman–Crippen LogP) is 4.32. The Labute approximate surface area is 179 Å². The van der Waals surface area contributed by atoms with Gasteiger partial charge in [0.1, 0.15) is 5.82 Å². The summed E-state index contributed by atoms with van der Waals surface area (Å²) >= 11 is 12.1. The van der Waals surface area contributed by atoms with Gasteiger partial charge in [0, 0.05) is 55.8 Å². The van der Waals surface area contributed by atoms with Crippen LogP contribution in [0.25, 0.3) is 11.3 Å². The van der Waals surface area contributed by atoms with Gasteiger partial charge < -0.3 is 14.2 Å². The van der Waals surface area contributed by atoms with Gasteiger partial charge >= 0.3 is 0 Å². The summed E-state index contributed by atoms with van der Waals surface area (Å²) in [5.74, 6) is 2.15. The number of amides is 1. The number of hydrogen-bond donors (Lipinski definition) is 0. The lowest BCUT2D eigenvalue weighted by molar-refractivity contribution is -0.131. The zero-order chi connectivity index (χ0) is 20.2. The van der Waals surface area contributed by atoms with Crippen molar-refractivity contribution in [3.05, 3.63) is 64.7 Å². The summed E-state index contributed by atoms with van der Waals surface area (Å²) in [6.45, 7) is 2.93. The van der Waals surface area contributed by atoms with Crippen molar-refractivity contribution in [2.75, 3.05) is 31.1 Å². The van der Waals surface area contributed by atoms with Gasteiger partial charge in [0.25, 0.3) is 0 Å². The average Bonchev–Trinajstić information content (AvgIpc) is 3.21. The lowest BCUT2D eigenvalue weighted by atomic mass is 10.2. The lowest BCUT2D eigenvalue weighted by Crippen LogP contribution is -2.49. The number of oxazole rings is 1. The van der Waals surface area contributed by atoms with E-state index in [2.05, 4.69) is 14.9 Å². The molecule has 1 amide bonds. The van der Waals surface area contributed by atoms with E-state index in [1.165, 1.54) is 0 Å². The molecule has 0 bridgehead atoms. The Morgan fingerprint density at radius 1 is 1.07 bits per heavy atom. The summed E-state index contributed by atoms with van der Waals surface area (Å²) in [6.07, 6.45) is 4.22. The molecule has 0 aliphatic carbocycles. The molecule has 0 N–H and O–H groups in total. The van der Waals surface area contributed by atoms with Gasteiger partial charge in [0.05, 0.1) is 11.2 Å². The number of hydrogen-bond acceptors (Lipinski definition) is 5. The summed E-state index contributed by atoms with van der Waals surface area (Å²) in [5.41, 5.74) is 0.729. The Hall–Kier alpha value is -2.57. The molecule has 4 rings (SSSR count). The first-order valence-corrected chi connectivity index (χ1v) is 10.2. The van der Waals surface area contributed by atoms with E-state index in [0.29, 0.717) is 47.6 Å². The fourth-order valence-electron chi connectivity index (χ4n) is 3.34. The Balaban J connectivity index is 1.30. The van der Waals surface area contributed by atoms with E-state index in [4.69, 9.17) is 27.6 Å². The van der Waals surface area contributed by atoms with Gasteiger partial charge in [-0.15, -0.1) is 0 Å². The molecule has 0 spiro atoms. The average molecular weight is 431 g/mol. The molecule has 150 valence electrons. The predicted molar refractivity (Wildman–Crippen MR) is 113 cm³/mol. The summed E-state index contributed by atoms with van der Waals surface area (Å²) in [6, 6.07) is 11.1. The zero-order valence-corrected chi connectivity index (χ0v) is 17.2. The number of anilines is 1. The van der Waals surface area contributed by atoms with E-state index in [0.717, 1.165) is 24.5 Å². The first-order valence-electron chi connectivity index (χ1n) is 9.44. The molecule has 0 radical (unpaired) electrons. The number of halogens is 2. The van der Waals surface area contributed by atoms with Crippen LogP contribution < -0.4 is 4.90 Å². The molecule has 1 saturated heterocycles. The van der Waals surface area contributed by atoms with Gasteiger partial charge in [-0.05, 0) is 30.3 Å². The fourth-order valence-corrected chi connectivity index (χ4v) is 3.84. The van der Waals surface area contributed by atoms with Crippen LogP contribution in [0.3, 0.4) is 0 Å². The van der Waals surface area contributed by atoms with Crippen molar-refractivity contribution in [2.24, 2.45) is 0 Å². The van der Waals surface area contributed by atoms with Gasteiger partial charge in [-0.25, -0.2) is 9.97 Å². The van der Waals surface area contributed by atoms with Gasteiger partial charge in [-0.1, -0.05) is 29.3 Å². The minimum Gasteiger partial charge on any atom is -0.441 e. The zero-order valence-electron chi connectivity index (χ0n) is 15.7. The van der Waals surface area contributed by atoms with Crippen LogP contribution in [-0.4, -0.2) is 47.0 Å². The van der Waals surface area contributed by atoms with E-state index in [1.807, 2.05) is 23.1 Å². The molecule has 1 aliphatic heterocycles. The number of pyridine rings is 1. The van der Waals surface area contributed by atoms with Crippen LogP contribution >= 0.6 is 23.2 Å². The monoisotopic (exact) mass is 430 g/mol. The van der Waals surface area contributed by atoms with E-state index in [9.17, 15) is 4.79 Å². The van der Waals surface area contributed by atoms with Crippen molar-refractivity contribution >= 4 is 34.9 Å². The van der Waals surface area contributed by atoms with Gasteiger partial charge in [0.15, 0.2) is 11.7 Å². The van der Waals surface area contributed by atoms with E-state index in [-0.39, 0.29) is 5.91 Å². The molecule has 6 nitrogen and oxygen atoms in total. The number of carbonyl (C=O) groups excluding carboxylic acids is 1. The topological polar surface area (TPSA) is 62.5 Å². The molecule has 1 aromatic carbocycles. The van der Waals surface area contributed by atoms with E-state index < -0.39 is 0 Å². The number of aryl methyl sites for hydroxylation is 1. The highest BCUT2D eigenvalue weighted by atomic mass is 35.5. The molecular formula is C21H20Cl2N4O2. The van der Waals surface area contributed by atoms with Gasteiger partial charge in [-0.2, -0.15) is 0 Å². The van der Waals surface area contributed by atoms with Crippen molar-refractivity contribution in [1.29, 1.82) is 0 Å². The van der Waals surface area contributed by atoms with Crippen LogP contribution in [0.15, 0.2) is 53.2 Å². The van der Waals surface area contributed by atoms with Gasteiger partial charge in [-0.3, -0.25) is 4.79 Å². The molecule has 3 heterocycles. The van der Waals surface area contributed by atoms with Crippen molar-refractivity contribution in [3.63, 3.8) is 0 Å². The second-order valence-corrected chi connectivity index (χ2v) is 7.64. The minimum absolute atomic E-state index is 0.106. The Bertz CT molecular complexity index is 985. The normalized spacial score (nSPS) is 14.3. The van der Waals surface area contributed by atoms with Crippen LogP contribution in [0.1, 0.15) is 12.3 Å². The molecule has 1 aliphatic rings. The van der Waals surface area contributed by atoms with Crippen molar-refractivity contribution in [2.45, 2.75) is 12.8 Å². The number of carbonyl (C=O) groups is 1. The smallest absolute Gasteiger partial charge is 0.223 e. The third kappa shape index (κ3) is 4.71. The van der Waals surface area contributed by atoms with Crippen LogP contribution in [-0.2, 0) is 11.2 Å². The summed E-state index contributed by atoms with van der Waals surface area (Å²) in [5, 5.41) is 1.06. The quantitative estimate of drug-likeness (QED) is 0.602. The van der Waals surface area contributed by atoms with Crippen LogP contribution in [0.4, 0.5) is 5.82 Å². The highest BCUT2D eigenvalue weighted by molar-refractivity contribution is 6.36. The lowest BCUT2D eigenvalue weighted by Gasteiger charge is -2.35. The van der Waals surface area contributed by atoms with Crippen molar-refractivity contribution < 1.29 is 9.21 Å². The number of benzene rings is 1. The maximum Gasteiger partial charge on any atom is 0.223 e. The third-order valence-corrected chi connectivity index (χ3v) is 5.46. The molecule has 0 atom stereocenters. The van der Waals surface area contributed by atoms with Crippen LogP contribution in [0.2, 0.25) is 10.0 Å². The third-order valence-electron chi connectivity index (χ3n) is 4.91. The Morgan fingerprint density at radius 2 is 1.90 bits per heavy atom. The van der Waals surface area contributed by atoms with E-state index in [1.54, 1.807) is 30.6 Å². The molecule has 3 aromatic rings. The van der Waals surface area contributed by atoms with Crippen LogP contribution in [0, 0.1) is 0 Å².